The van der Waals surface area contributed by atoms with Gasteiger partial charge in [0, 0.05) is 45.3 Å². The number of fused-ring (bicyclic) bond motifs is 3. The van der Waals surface area contributed by atoms with Crippen LogP contribution in [0.1, 0.15) is 70.1 Å². The second kappa shape index (κ2) is 20.9. The van der Waals surface area contributed by atoms with E-state index in [1.165, 1.54) is 9.80 Å². The van der Waals surface area contributed by atoms with Gasteiger partial charge in [0.1, 0.15) is 30.9 Å². The van der Waals surface area contributed by atoms with Crippen LogP contribution in [0.15, 0.2) is 72.8 Å². The lowest BCUT2D eigenvalue weighted by atomic mass is 9.98. The number of hydrogen-bond donors (Lipinski definition) is 5. The molecule has 0 bridgehead atoms. The third-order valence-corrected chi connectivity index (χ3v) is 9.54. The average Bonchev–Trinajstić information content (AvgIpc) is 3.51. The van der Waals surface area contributed by atoms with Crippen LogP contribution in [-0.2, 0) is 30.4 Å². The van der Waals surface area contributed by atoms with Gasteiger partial charge in [-0.2, -0.15) is 0 Å². The van der Waals surface area contributed by atoms with Gasteiger partial charge in [-0.15, -0.1) is 0 Å². The predicted octanol–water partition coefficient (Wildman–Crippen LogP) is 5.56. The molecular weight excluding hydrogens is 759 g/mol. The highest BCUT2D eigenvalue weighted by Gasteiger charge is 2.32. The Kier molecular flexibility index (Phi) is 16.1. The zero-order valence-electron chi connectivity index (χ0n) is 34.8. The first kappa shape index (κ1) is 45.4. The standard InChI is InChI=1S/C43H57N7O9/c1-27(2)36(48-40(54)57-26-34-32-15-10-8-13-30(32)31-14-9-11-16-33(31)34)38(52)47-35(17-12-22-45-39(44)53)37(51)46-29-20-18-28(19-21-29)25-58-41(55)49(6)23-24-50(7)42(56)59-43(3,4)5/h8-11,13-16,18-21,27,34-36H,12,17,22-26H2,1-7H3,(H,46,51)(H,47,52)(H,48,54)(H3,44,45,53)/t35-,36-/m0/s1. The number of anilines is 1. The summed E-state index contributed by atoms with van der Waals surface area (Å²) < 4.78 is 16.4. The average molecular weight is 816 g/mol. The molecule has 3 aromatic carbocycles. The number of nitrogens with one attached hydrogen (secondary N) is 4. The number of benzene rings is 3. The maximum Gasteiger partial charge on any atom is 0.410 e. The predicted molar refractivity (Wildman–Crippen MR) is 222 cm³/mol. The van der Waals surface area contributed by atoms with Crippen LogP contribution in [0.25, 0.3) is 11.1 Å². The van der Waals surface area contributed by atoms with Crippen molar-refractivity contribution in [3.8, 4) is 11.1 Å². The second-order valence-corrected chi connectivity index (χ2v) is 15.8. The molecule has 0 saturated heterocycles. The van der Waals surface area contributed by atoms with E-state index in [1.54, 1.807) is 73.0 Å². The number of ether oxygens (including phenoxy) is 3. The van der Waals surface area contributed by atoms with E-state index >= 15 is 0 Å². The summed E-state index contributed by atoms with van der Waals surface area (Å²) in [5.41, 5.74) is 9.92. The number of urea groups is 1. The molecule has 0 aromatic heterocycles. The van der Waals surface area contributed by atoms with Gasteiger partial charge < -0.3 is 51.0 Å². The van der Waals surface area contributed by atoms with Crippen molar-refractivity contribution in [2.24, 2.45) is 11.7 Å². The van der Waals surface area contributed by atoms with Gasteiger partial charge in [-0.25, -0.2) is 19.2 Å². The van der Waals surface area contributed by atoms with Crippen molar-refractivity contribution in [3.05, 3.63) is 89.5 Å². The number of hydrogen-bond acceptors (Lipinski definition) is 9. The number of alkyl carbamates (subject to hydrolysis) is 1. The van der Waals surface area contributed by atoms with E-state index < -0.39 is 53.8 Å². The van der Waals surface area contributed by atoms with Crippen LogP contribution in [0.3, 0.4) is 0 Å². The lowest BCUT2D eigenvalue weighted by Crippen LogP contribution is -2.54. The smallest absolute Gasteiger partial charge is 0.410 e. The number of carbonyl (C=O) groups excluding carboxylic acids is 6. The normalized spacial score (nSPS) is 12.9. The first-order valence-electron chi connectivity index (χ1n) is 19.6. The Morgan fingerprint density at radius 2 is 1.34 bits per heavy atom. The molecule has 2 atom stereocenters. The van der Waals surface area contributed by atoms with E-state index in [0.717, 1.165) is 22.3 Å². The number of likely N-dealkylation sites (N-methyl/N-ethyl adjacent to an activating group) is 2. The number of carbonyl (C=O) groups is 6. The molecule has 6 N–H and O–H groups in total. The molecule has 0 spiro atoms. The van der Waals surface area contributed by atoms with Crippen molar-refractivity contribution in [2.75, 3.05) is 45.7 Å². The largest absolute Gasteiger partial charge is 0.449 e. The van der Waals surface area contributed by atoms with E-state index in [9.17, 15) is 28.8 Å². The summed E-state index contributed by atoms with van der Waals surface area (Å²) in [5, 5.41) is 10.7. The van der Waals surface area contributed by atoms with Crippen molar-refractivity contribution in [2.45, 2.75) is 77.7 Å². The Bertz CT molecular complexity index is 1900. The maximum absolute atomic E-state index is 13.7. The first-order chi connectivity index (χ1) is 27.9. The summed E-state index contributed by atoms with van der Waals surface area (Å²) in [6.45, 7) is 9.51. The maximum atomic E-state index is 13.7. The van der Waals surface area contributed by atoms with Gasteiger partial charge >= 0.3 is 24.3 Å². The SMILES string of the molecule is CC(C)[C@H](NC(=O)OCC1c2ccccc2-c2ccccc21)C(=O)N[C@@H](CCCNC(N)=O)C(=O)Nc1ccc(COC(=O)N(C)CCN(C)C(=O)OC(C)(C)C)cc1. The Labute approximate surface area is 345 Å². The lowest BCUT2D eigenvalue weighted by Gasteiger charge is -2.26. The van der Waals surface area contributed by atoms with Crippen molar-refractivity contribution >= 4 is 41.8 Å². The van der Waals surface area contributed by atoms with Gasteiger partial charge in [-0.1, -0.05) is 74.5 Å². The van der Waals surface area contributed by atoms with Gasteiger partial charge in [-0.3, -0.25) is 9.59 Å². The number of amides is 7. The summed E-state index contributed by atoms with van der Waals surface area (Å²) in [5.74, 6) is -1.65. The molecule has 7 amide bonds. The summed E-state index contributed by atoms with van der Waals surface area (Å²) >= 11 is 0. The van der Waals surface area contributed by atoms with E-state index in [2.05, 4.69) is 21.3 Å². The molecule has 318 valence electrons. The Balaban J connectivity index is 1.31. The lowest BCUT2D eigenvalue weighted by molar-refractivity contribution is -0.128. The number of primary amides is 1. The van der Waals surface area contributed by atoms with Gasteiger partial charge in [0.05, 0.1) is 0 Å². The van der Waals surface area contributed by atoms with Gasteiger partial charge in [-0.05, 0) is 79.5 Å². The fourth-order valence-corrected chi connectivity index (χ4v) is 6.34. The monoisotopic (exact) mass is 815 g/mol. The molecule has 0 saturated carbocycles. The van der Waals surface area contributed by atoms with Crippen LogP contribution in [0.4, 0.5) is 24.9 Å². The summed E-state index contributed by atoms with van der Waals surface area (Å²) in [4.78, 5) is 79.1. The quantitative estimate of drug-likeness (QED) is 0.0852. The molecule has 4 rings (SSSR count). The minimum Gasteiger partial charge on any atom is -0.449 e. The summed E-state index contributed by atoms with van der Waals surface area (Å²) in [7, 11) is 3.14. The molecule has 16 heteroatoms. The van der Waals surface area contributed by atoms with Crippen molar-refractivity contribution in [1.29, 1.82) is 0 Å². The molecule has 1 aliphatic rings. The number of nitrogens with two attached hydrogens (primary N) is 1. The highest BCUT2D eigenvalue weighted by molar-refractivity contribution is 5.98. The summed E-state index contributed by atoms with van der Waals surface area (Å²) in [6.07, 6.45) is -1.40. The number of nitrogens with zero attached hydrogens (tertiary/aromatic N) is 2. The fraction of sp³-hybridized carbons (Fsp3) is 0.442. The van der Waals surface area contributed by atoms with E-state index in [4.69, 9.17) is 19.9 Å². The minimum absolute atomic E-state index is 0.0435. The van der Waals surface area contributed by atoms with Crippen LogP contribution in [0.5, 0.6) is 0 Å². The first-order valence-corrected chi connectivity index (χ1v) is 19.6. The van der Waals surface area contributed by atoms with Gasteiger partial charge in [0.2, 0.25) is 11.8 Å². The molecular formula is C43H57N7O9. The highest BCUT2D eigenvalue weighted by Crippen LogP contribution is 2.44. The Morgan fingerprint density at radius 1 is 0.763 bits per heavy atom. The zero-order valence-corrected chi connectivity index (χ0v) is 34.8. The molecule has 16 nitrogen and oxygen atoms in total. The van der Waals surface area contributed by atoms with Crippen molar-refractivity contribution in [3.63, 3.8) is 0 Å². The molecule has 0 fully saturated rings. The Hall–Kier alpha value is -6.32. The van der Waals surface area contributed by atoms with Crippen LogP contribution in [0, 0.1) is 5.92 Å². The minimum atomic E-state index is -1.05. The van der Waals surface area contributed by atoms with E-state index in [-0.39, 0.29) is 51.1 Å². The fourth-order valence-electron chi connectivity index (χ4n) is 6.34. The van der Waals surface area contributed by atoms with Crippen LogP contribution in [0.2, 0.25) is 0 Å². The molecule has 59 heavy (non-hydrogen) atoms. The molecule has 0 unspecified atom stereocenters. The molecule has 0 radical (unpaired) electrons. The van der Waals surface area contributed by atoms with Crippen molar-refractivity contribution in [1.82, 2.24) is 25.8 Å². The third-order valence-electron chi connectivity index (χ3n) is 9.54. The second-order valence-electron chi connectivity index (χ2n) is 15.8. The van der Waals surface area contributed by atoms with Crippen LogP contribution in [-0.4, -0.2) is 104 Å². The third kappa shape index (κ3) is 13.6. The molecule has 3 aromatic rings. The van der Waals surface area contributed by atoms with Crippen LogP contribution < -0.4 is 27.0 Å². The summed E-state index contributed by atoms with van der Waals surface area (Å²) in [6, 6.07) is 19.8. The van der Waals surface area contributed by atoms with Crippen molar-refractivity contribution < 1.29 is 43.0 Å². The van der Waals surface area contributed by atoms with Crippen LogP contribution >= 0.6 is 0 Å². The molecule has 0 aliphatic heterocycles. The van der Waals surface area contributed by atoms with E-state index in [1.807, 2.05) is 48.5 Å². The Morgan fingerprint density at radius 3 is 1.90 bits per heavy atom. The van der Waals surface area contributed by atoms with Gasteiger partial charge in [0.15, 0.2) is 0 Å². The van der Waals surface area contributed by atoms with Gasteiger partial charge in [0.25, 0.3) is 0 Å². The van der Waals surface area contributed by atoms with E-state index in [0.29, 0.717) is 17.7 Å². The number of rotatable bonds is 17. The highest BCUT2D eigenvalue weighted by atomic mass is 16.6. The molecule has 1 aliphatic carbocycles. The molecule has 0 heterocycles. The topological polar surface area (TPSA) is 211 Å². The zero-order chi connectivity index (χ0) is 43.3.